The third-order valence-electron chi connectivity index (χ3n) is 5.41. The number of amides is 2. The van der Waals surface area contributed by atoms with Crippen molar-refractivity contribution in [3.8, 4) is 0 Å². The van der Waals surface area contributed by atoms with E-state index in [4.69, 9.17) is 12.2 Å². The molecule has 2 amide bonds. The maximum Gasteiger partial charge on any atom is 0.262 e. The van der Waals surface area contributed by atoms with Crippen LogP contribution in [0, 0.1) is 4.77 Å². The number of benzene rings is 2. The van der Waals surface area contributed by atoms with Crippen LogP contribution in [0.25, 0.3) is 10.9 Å². The van der Waals surface area contributed by atoms with Gasteiger partial charge in [-0.2, -0.15) is 0 Å². The lowest BCUT2D eigenvalue weighted by Crippen LogP contribution is -2.34. The molecule has 0 fully saturated rings. The molecule has 7 nitrogen and oxygen atoms in total. The number of aromatic amines is 1. The van der Waals surface area contributed by atoms with Crippen LogP contribution < -0.4 is 15.8 Å². The number of carbonyl (C=O) groups excluding carboxylic acids is 2. The number of nitrogens with one attached hydrogen (secondary N) is 2. The van der Waals surface area contributed by atoms with Crippen LogP contribution in [-0.2, 0) is 17.8 Å². The summed E-state index contributed by atoms with van der Waals surface area (Å²) in [7, 11) is 0. The lowest BCUT2D eigenvalue weighted by molar-refractivity contribution is -0.118. The molecule has 2 heterocycles. The summed E-state index contributed by atoms with van der Waals surface area (Å²) in [4.78, 5) is 42.1. The zero-order chi connectivity index (χ0) is 21.4. The van der Waals surface area contributed by atoms with E-state index >= 15 is 0 Å². The van der Waals surface area contributed by atoms with E-state index in [1.165, 1.54) is 4.57 Å². The summed E-state index contributed by atoms with van der Waals surface area (Å²) in [5.74, 6) is -0.160. The zero-order valence-electron chi connectivity index (χ0n) is 16.8. The molecule has 2 aromatic carbocycles. The van der Waals surface area contributed by atoms with E-state index in [1.807, 2.05) is 26.0 Å². The molecule has 0 unspecified atom stereocenters. The molecule has 0 bridgehead atoms. The zero-order valence-corrected chi connectivity index (χ0v) is 17.6. The highest BCUT2D eigenvalue weighted by Gasteiger charge is 2.23. The summed E-state index contributed by atoms with van der Waals surface area (Å²) in [5, 5.41) is 3.39. The lowest BCUT2D eigenvalue weighted by Gasteiger charge is -2.28. The average Bonchev–Trinajstić information content (AvgIpc) is 2.73. The fourth-order valence-electron chi connectivity index (χ4n) is 3.87. The van der Waals surface area contributed by atoms with Gasteiger partial charge in [-0.05, 0) is 74.4 Å². The smallest absolute Gasteiger partial charge is 0.262 e. The molecule has 2 N–H and O–H groups in total. The second kappa shape index (κ2) is 7.87. The van der Waals surface area contributed by atoms with E-state index in [9.17, 15) is 14.4 Å². The Labute approximate surface area is 178 Å². The third kappa shape index (κ3) is 3.43. The maximum atomic E-state index is 12.8. The Morgan fingerprint density at radius 2 is 1.90 bits per heavy atom. The highest BCUT2D eigenvalue weighted by atomic mass is 32.1. The fraction of sp³-hybridized carbons (Fsp3) is 0.273. The summed E-state index contributed by atoms with van der Waals surface area (Å²) in [5.41, 5.74) is 3.38. The molecule has 0 spiro atoms. The lowest BCUT2D eigenvalue weighted by atomic mass is 10.0. The van der Waals surface area contributed by atoms with Gasteiger partial charge in [0.2, 0.25) is 5.91 Å². The summed E-state index contributed by atoms with van der Waals surface area (Å²) in [6.07, 6.45) is 1.13. The number of hydrogen-bond donors (Lipinski definition) is 2. The van der Waals surface area contributed by atoms with Crippen molar-refractivity contribution in [2.24, 2.45) is 0 Å². The molecular formula is C22H22N4O3S. The number of anilines is 2. The van der Waals surface area contributed by atoms with E-state index in [-0.39, 0.29) is 17.4 Å². The standard InChI is InChI=1S/C22H22N4O3S/c1-3-25-18-9-7-15(11-13(18)6-10-19(25)27)23-20(28)14-5-8-16-17(12-14)24-22(30)26(4-2)21(16)29/h5,7-9,11-12H,3-4,6,10H2,1-2H3,(H,23,28)(H,24,30). The minimum Gasteiger partial charge on any atom is -0.332 e. The predicted octanol–water partition coefficient (Wildman–Crippen LogP) is 3.63. The van der Waals surface area contributed by atoms with E-state index in [0.29, 0.717) is 52.9 Å². The second-order valence-electron chi connectivity index (χ2n) is 7.18. The first kappa shape index (κ1) is 20.0. The number of hydrogen-bond acceptors (Lipinski definition) is 4. The Kier molecular flexibility index (Phi) is 5.26. The quantitative estimate of drug-likeness (QED) is 0.629. The molecule has 1 aromatic heterocycles. The Morgan fingerprint density at radius 3 is 2.63 bits per heavy atom. The van der Waals surface area contributed by atoms with E-state index in [2.05, 4.69) is 10.3 Å². The van der Waals surface area contributed by atoms with E-state index < -0.39 is 0 Å². The van der Waals surface area contributed by atoms with E-state index in [1.54, 1.807) is 29.2 Å². The minimum absolute atomic E-state index is 0.123. The van der Waals surface area contributed by atoms with Crippen LogP contribution in [0.5, 0.6) is 0 Å². The highest BCUT2D eigenvalue weighted by molar-refractivity contribution is 7.71. The Morgan fingerprint density at radius 1 is 1.10 bits per heavy atom. The molecule has 1 aliphatic heterocycles. The van der Waals surface area contributed by atoms with Gasteiger partial charge in [-0.25, -0.2) is 0 Å². The van der Waals surface area contributed by atoms with Gasteiger partial charge in [0, 0.05) is 36.4 Å². The van der Waals surface area contributed by atoms with Crippen molar-refractivity contribution >= 4 is 46.3 Å². The van der Waals surface area contributed by atoms with Crippen LogP contribution in [0.3, 0.4) is 0 Å². The first-order chi connectivity index (χ1) is 14.4. The van der Waals surface area contributed by atoms with Crippen LogP contribution in [0.2, 0.25) is 0 Å². The number of carbonyl (C=O) groups is 2. The monoisotopic (exact) mass is 422 g/mol. The van der Waals surface area contributed by atoms with Crippen molar-refractivity contribution in [3.05, 3.63) is 62.6 Å². The van der Waals surface area contributed by atoms with Crippen molar-refractivity contribution in [1.82, 2.24) is 9.55 Å². The van der Waals surface area contributed by atoms with Crippen LogP contribution in [0.1, 0.15) is 36.2 Å². The normalized spacial score (nSPS) is 13.4. The molecular weight excluding hydrogens is 400 g/mol. The molecule has 30 heavy (non-hydrogen) atoms. The van der Waals surface area contributed by atoms with Gasteiger partial charge in [-0.1, -0.05) is 0 Å². The average molecular weight is 423 g/mol. The molecule has 0 radical (unpaired) electrons. The Balaban J connectivity index is 1.63. The summed E-state index contributed by atoms with van der Waals surface area (Å²) < 4.78 is 1.81. The molecule has 1 aliphatic rings. The third-order valence-corrected chi connectivity index (χ3v) is 5.74. The van der Waals surface area contributed by atoms with E-state index in [0.717, 1.165) is 11.3 Å². The fourth-order valence-corrected chi connectivity index (χ4v) is 4.19. The molecule has 8 heteroatoms. The van der Waals surface area contributed by atoms with Crippen molar-refractivity contribution in [3.63, 3.8) is 0 Å². The number of aromatic nitrogens is 2. The van der Waals surface area contributed by atoms with Crippen molar-refractivity contribution in [2.75, 3.05) is 16.8 Å². The molecule has 154 valence electrons. The van der Waals surface area contributed by atoms with Gasteiger partial charge < -0.3 is 15.2 Å². The van der Waals surface area contributed by atoms with Gasteiger partial charge in [0.25, 0.3) is 11.5 Å². The number of H-pyrrole nitrogens is 1. The predicted molar refractivity (Wildman–Crippen MR) is 120 cm³/mol. The number of nitrogens with zero attached hydrogens (tertiary/aromatic N) is 2. The number of rotatable bonds is 4. The van der Waals surface area contributed by atoms with Crippen LogP contribution in [-0.4, -0.2) is 27.9 Å². The largest absolute Gasteiger partial charge is 0.332 e. The minimum atomic E-state index is -0.282. The van der Waals surface area contributed by atoms with Crippen molar-refractivity contribution in [2.45, 2.75) is 33.2 Å². The Bertz CT molecular complexity index is 1290. The van der Waals surface area contributed by atoms with Crippen molar-refractivity contribution < 1.29 is 9.59 Å². The number of fused-ring (bicyclic) bond motifs is 2. The number of aryl methyl sites for hydroxylation is 1. The molecule has 0 atom stereocenters. The van der Waals surface area contributed by atoms with Gasteiger partial charge in [0.1, 0.15) is 0 Å². The molecule has 0 saturated carbocycles. The van der Waals surface area contributed by atoms with Gasteiger partial charge in [-0.3, -0.25) is 19.0 Å². The molecule has 3 aromatic rings. The first-order valence-corrected chi connectivity index (χ1v) is 10.3. The van der Waals surface area contributed by atoms with Crippen LogP contribution in [0.4, 0.5) is 11.4 Å². The van der Waals surface area contributed by atoms with Gasteiger partial charge in [0.05, 0.1) is 10.9 Å². The second-order valence-corrected chi connectivity index (χ2v) is 7.56. The summed E-state index contributed by atoms with van der Waals surface area (Å²) >= 11 is 5.24. The first-order valence-electron chi connectivity index (χ1n) is 9.94. The maximum absolute atomic E-state index is 12.8. The summed E-state index contributed by atoms with van der Waals surface area (Å²) in [6, 6.07) is 10.5. The van der Waals surface area contributed by atoms with Gasteiger partial charge in [-0.15, -0.1) is 0 Å². The van der Waals surface area contributed by atoms with Gasteiger partial charge in [0.15, 0.2) is 4.77 Å². The SMILES string of the molecule is CCN1C(=O)CCc2cc(NC(=O)c3ccc4c(=O)n(CC)c(=S)[nH]c4c3)ccc21. The van der Waals surface area contributed by atoms with Crippen molar-refractivity contribution in [1.29, 1.82) is 0 Å². The van der Waals surface area contributed by atoms with Crippen LogP contribution in [0.15, 0.2) is 41.2 Å². The Hall–Kier alpha value is -3.26. The molecule has 0 saturated heterocycles. The summed E-state index contributed by atoms with van der Waals surface area (Å²) in [6.45, 7) is 4.90. The van der Waals surface area contributed by atoms with Crippen LogP contribution >= 0.6 is 12.2 Å². The highest BCUT2D eigenvalue weighted by Crippen LogP contribution is 2.30. The molecule has 0 aliphatic carbocycles. The molecule has 4 rings (SSSR count). The van der Waals surface area contributed by atoms with Gasteiger partial charge >= 0.3 is 0 Å². The topological polar surface area (TPSA) is 87.2 Å².